The van der Waals surface area contributed by atoms with Gasteiger partial charge in [-0.3, -0.25) is 0 Å². The fourth-order valence-electron chi connectivity index (χ4n) is 2.37. The average Bonchev–Trinajstić information content (AvgIpc) is 2.62. The Morgan fingerprint density at radius 2 is 1.88 bits per heavy atom. The molecule has 0 aliphatic heterocycles. The van der Waals surface area contributed by atoms with Gasteiger partial charge in [0, 0.05) is 22.9 Å². The molecule has 3 aromatic rings. The van der Waals surface area contributed by atoms with Gasteiger partial charge in [0.2, 0.25) is 0 Å². The predicted molar refractivity (Wildman–Crippen MR) is 94.5 cm³/mol. The van der Waals surface area contributed by atoms with Gasteiger partial charge in [-0.05, 0) is 35.9 Å². The molecule has 0 radical (unpaired) electrons. The highest BCUT2D eigenvalue weighted by atomic mass is 35.5. The second-order valence-electron chi connectivity index (χ2n) is 5.36. The number of methoxy groups -OCH3 is 1. The van der Waals surface area contributed by atoms with E-state index in [0.717, 1.165) is 12.0 Å². The van der Waals surface area contributed by atoms with Crippen molar-refractivity contribution in [1.82, 2.24) is 0 Å². The Bertz CT molecular complexity index is 960. The van der Waals surface area contributed by atoms with Crippen LogP contribution in [0, 0.1) is 0 Å². The number of benzene rings is 2. The van der Waals surface area contributed by atoms with Crippen LogP contribution >= 0.6 is 11.6 Å². The first-order valence-electron chi connectivity index (χ1n) is 7.60. The van der Waals surface area contributed by atoms with Crippen LogP contribution in [-0.2, 0) is 11.2 Å². The lowest BCUT2D eigenvalue weighted by atomic mass is 10.1. The van der Waals surface area contributed by atoms with Crippen LogP contribution in [0.3, 0.4) is 0 Å². The van der Waals surface area contributed by atoms with Crippen molar-refractivity contribution in [3.63, 3.8) is 0 Å². The maximum atomic E-state index is 11.9. The number of hydrogen-bond donors (Lipinski definition) is 0. The molecule has 0 fully saturated rings. The summed E-state index contributed by atoms with van der Waals surface area (Å²) in [4.78, 5) is 23.4. The van der Waals surface area contributed by atoms with E-state index in [4.69, 9.17) is 20.8 Å². The Kier molecular flexibility index (Phi) is 5.05. The summed E-state index contributed by atoms with van der Waals surface area (Å²) < 4.78 is 15.4. The number of hydrogen-bond acceptors (Lipinski definition) is 5. The maximum absolute atomic E-state index is 11.9. The lowest BCUT2D eigenvalue weighted by Gasteiger charge is -2.07. The highest BCUT2D eigenvalue weighted by Gasteiger charge is 2.14. The molecular formula is C19H15ClO5. The molecule has 0 unspecified atom stereocenters. The Labute approximate surface area is 148 Å². The van der Waals surface area contributed by atoms with Gasteiger partial charge in [-0.25, -0.2) is 9.59 Å². The fraction of sp³-hybridized carbons (Fsp3) is 0.158. The molecule has 0 N–H and O–H groups in total. The van der Waals surface area contributed by atoms with Crippen LogP contribution in [-0.4, -0.2) is 19.7 Å². The van der Waals surface area contributed by atoms with E-state index in [9.17, 15) is 9.59 Å². The molecule has 3 rings (SSSR count). The summed E-state index contributed by atoms with van der Waals surface area (Å²) in [5.41, 5.74) is 0.588. The van der Waals surface area contributed by atoms with Gasteiger partial charge in [-0.15, -0.1) is 0 Å². The van der Waals surface area contributed by atoms with E-state index in [2.05, 4.69) is 4.74 Å². The van der Waals surface area contributed by atoms with Crippen molar-refractivity contribution >= 4 is 28.5 Å². The van der Waals surface area contributed by atoms with Crippen molar-refractivity contribution in [1.29, 1.82) is 0 Å². The lowest BCUT2D eigenvalue weighted by molar-refractivity contribution is 0.0596. The summed E-state index contributed by atoms with van der Waals surface area (Å²) in [5, 5.41) is 1.31. The van der Waals surface area contributed by atoms with Crippen molar-refractivity contribution in [2.45, 2.75) is 6.42 Å². The van der Waals surface area contributed by atoms with Gasteiger partial charge >= 0.3 is 11.6 Å². The monoisotopic (exact) mass is 358 g/mol. The van der Waals surface area contributed by atoms with E-state index in [0.29, 0.717) is 28.3 Å². The molecule has 128 valence electrons. The second kappa shape index (κ2) is 7.40. The molecule has 25 heavy (non-hydrogen) atoms. The SMILES string of the molecule is COC(=O)c1cc2ccc(OCCc3ccc(Cl)cc3)cc2oc1=O. The van der Waals surface area contributed by atoms with Crippen molar-refractivity contribution in [3.05, 3.63) is 75.1 Å². The van der Waals surface area contributed by atoms with Crippen molar-refractivity contribution in [2.24, 2.45) is 0 Å². The summed E-state index contributed by atoms with van der Waals surface area (Å²) in [7, 11) is 1.21. The minimum absolute atomic E-state index is 0.133. The standard InChI is InChI=1S/C19H15ClO5/c1-23-18(21)16-10-13-4-7-15(11-17(13)25-19(16)22)24-9-8-12-2-5-14(20)6-3-12/h2-7,10-11H,8-9H2,1H3. The zero-order chi connectivity index (χ0) is 17.8. The van der Waals surface area contributed by atoms with E-state index in [-0.39, 0.29) is 5.56 Å². The van der Waals surface area contributed by atoms with Crippen LogP contribution in [0.5, 0.6) is 5.75 Å². The molecule has 0 amide bonds. The van der Waals surface area contributed by atoms with Gasteiger partial charge in [0.1, 0.15) is 16.9 Å². The number of halogens is 1. The number of rotatable bonds is 5. The number of carbonyl (C=O) groups is 1. The second-order valence-corrected chi connectivity index (χ2v) is 5.80. The maximum Gasteiger partial charge on any atom is 0.351 e. The van der Waals surface area contributed by atoms with Gasteiger partial charge in [-0.1, -0.05) is 23.7 Å². The third-order valence-electron chi connectivity index (χ3n) is 3.69. The van der Waals surface area contributed by atoms with E-state index in [1.54, 1.807) is 18.2 Å². The molecule has 6 heteroatoms. The Hall–Kier alpha value is -2.79. The molecule has 1 heterocycles. The quantitative estimate of drug-likeness (QED) is 0.512. The van der Waals surface area contributed by atoms with Crippen molar-refractivity contribution < 1.29 is 18.7 Å². The zero-order valence-electron chi connectivity index (χ0n) is 13.5. The first-order valence-corrected chi connectivity index (χ1v) is 7.98. The molecule has 0 saturated heterocycles. The summed E-state index contributed by atoms with van der Waals surface area (Å²) in [6.07, 6.45) is 0.723. The fourth-order valence-corrected chi connectivity index (χ4v) is 2.50. The third kappa shape index (κ3) is 4.00. The van der Waals surface area contributed by atoms with Gasteiger partial charge in [-0.2, -0.15) is 0 Å². The number of ether oxygens (including phenoxy) is 2. The predicted octanol–water partition coefficient (Wildman–Crippen LogP) is 3.85. The molecule has 0 atom stereocenters. The molecular weight excluding hydrogens is 344 g/mol. The van der Waals surface area contributed by atoms with Crippen LogP contribution in [0.2, 0.25) is 5.02 Å². The summed E-state index contributed by atoms with van der Waals surface area (Å²) in [6, 6.07) is 14.1. The van der Waals surface area contributed by atoms with Crippen molar-refractivity contribution in [2.75, 3.05) is 13.7 Å². The summed E-state index contributed by atoms with van der Waals surface area (Å²) in [6.45, 7) is 0.470. The average molecular weight is 359 g/mol. The molecule has 5 nitrogen and oxygen atoms in total. The minimum Gasteiger partial charge on any atom is -0.493 e. The van der Waals surface area contributed by atoms with E-state index in [1.165, 1.54) is 13.2 Å². The van der Waals surface area contributed by atoms with Crippen LogP contribution in [0.1, 0.15) is 15.9 Å². The largest absolute Gasteiger partial charge is 0.493 e. The van der Waals surface area contributed by atoms with E-state index >= 15 is 0 Å². The van der Waals surface area contributed by atoms with Gasteiger partial charge in [0.25, 0.3) is 0 Å². The Morgan fingerprint density at radius 1 is 1.12 bits per heavy atom. The Morgan fingerprint density at radius 3 is 2.60 bits per heavy atom. The van der Waals surface area contributed by atoms with E-state index < -0.39 is 11.6 Å². The van der Waals surface area contributed by atoms with Gasteiger partial charge in [0.15, 0.2) is 0 Å². The van der Waals surface area contributed by atoms with Crippen molar-refractivity contribution in [3.8, 4) is 5.75 Å². The molecule has 0 saturated carbocycles. The first kappa shape index (κ1) is 17.0. The summed E-state index contributed by atoms with van der Waals surface area (Å²) >= 11 is 5.85. The highest BCUT2D eigenvalue weighted by Crippen LogP contribution is 2.21. The van der Waals surface area contributed by atoms with Crippen LogP contribution in [0.25, 0.3) is 11.0 Å². The molecule has 0 aliphatic rings. The smallest absolute Gasteiger partial charge is 0.351 e. The first-order chi connectivity index (χ1) is 12.1. The highest BCUT2D eigenvalue weighted by molar-refractivity contribution is 6.30. The summed E-state index contributed by atoms with van der Waals surface area (Å²) in [5.74, 6) is -0.144. The number of fused-ring (bicyclic) bond motifs is 1. The van der Waals surface area contributed by atoms with Crippen LogP contribution in [0.15, 0.2) is 57.7 Å². The van der Waals surface area contributed by atoms with Gasteiger partial charge in [0.05, 0.1) is 13.7 Å². The zero-order valence-corrected chi connectivity index (χ0v) is 14.2. The normalized spacial score (nSPS) is 10.6. The number of esters is 1. The molecule has 2 aromatic carbocycles. The van der Waals surface area contributed by atoms with Crippen LogP contribution < -0.4 is 10.4 Å². The van der Waals surface area contributed by atoms with E-state index in [1.807, 2.05) is 24.3 Å². The molecule has 0 bridgehead atoms. The molecule has 0 spiro atoms. The lowest BCUT2D eigenvalue weighted by Crippen LogP contribution is -2.14. The minimum atomic E-state index is -0.738. The topological polar surface area (TPSA) is 65.7 Å². The van der Waals surface area contributed by atoms with Crippen LogP contribution in [0.4, 0.5) is 0 Å². The molecule has 1 aromatic heterocycles. The third-order valence-corrected chi connectivity index (χ3v) is 3.94. The molecule has 0 aliphatic carbocycles. The Balaban J connectivity index is 1.73. The van der Waals surface area contributed by atoms with Gasteiger partial charge < -0.3 is 13.9 Å². The number of carbonyl (C=O) groups excluding carboxylic acids is 1.